The van der Waals surface area contributed by atoms with Crippen LogP contribution in [0.2, 0.25) is 0 Å². The molecule has 0 aromatic heterocycles. The van der Waals surface area contributed by atoms with Gasteiger partial charge in [0.15, 0.2) is 0 Å². The van der Waals surface area contributed by atoms with E-state index in [4.69, 9.17) is 0 Å². The molecule has 1 N–H and O–H groups in total. The molecule has 16 heavy (non-hydrogen) atoms. The molecule has 1 aromatic carbocycles. The molecule has 0 saturated heterocycles. The summed E-state index contributed by atoms with van der Waals surface area (Å²) in [6, 6.07) is 6.17. The molecule has 1 aliphatic rings. The lowest BCUT2D eigenvalue weighted by atomic mass is 9.82. The van der Waals surface area contributed by atoms with Crippen molar-refractivity contribution in [3.05, 3.63) is 33.8 Å². The minimum atomic E-state index is 0.0313. The van der Waals surface area contributed by atoms with Crippen LogP contribution < -0.4 is 5.32 Å². The molecule has 1 fully saturated rings. The van der Waals surface area contributed by atoms with Crippen molar-refractivity contribution in [2.45, 2.75) is 32.7 Å². The number of carbonyl (C=O) groups is 1. The molecule has 2 nitrogen and oxygen atoms in total. The maximum Gasteiger partial charge on any atom is 0.252 e. The predicted octanol–water partition coefficient (Wildman–Crippen LogP) is 3.29. The fraction of sp³-hybridized carbons (Fsp3) is 0.462. The van der Waals surface area contributed by atoms with Gasteiger partial charge < -0.3 is 5.32 Å². The van der Waals surface area contributed by atoms with Gasteiger partial charge in [-0.1, -0.05) is 13.0 Å². The normalized spacial score (nSPS) is 23.7. The quantitative estimate of drug-likeness (QED) is 0.886. The highest BCUT2D eigenvalue weighted by Gasteiger charge is 2.27. The maximum absolute atomic E-state index is 11.9. The van der Waals surface area contributed by atoms with Gasteiger partial charge in [-0.05, 0) is 59.3 Å². The number of amides is 1. The molecule has 1 amide bonds. The second-order valence-corrected chi connectivity index (χ2v) is 5.58. The predicted molar refractivity (Wildman–Crippen MR) is 68.5 cm³/mol. The summed E-state index contributed by atoms with van der Waals surface area (Å²) in [6.07, 6.45) is 2.21. The number of aryl methyl sites for hydroxylation is 1. The molecule has 1 aliphatic carbocycles. The molecule has 0 bridgehead atoms. The molecule has 0 aliphatic heterocycles. The number of nitrogens with one attached hydrogen (secondary N) is 1. The van der Waals surface area contributed by atoms with Crippen molar-refractivity contribution < 1.29 is 4.79 Å². The summed E-state index contributed by atoms with van der Waals surface area (Å²) in [7, 11) is 0. The van der Waals surface area contributed by atoms with E-state index in [1.165, 1.54) is 0 Å². The van der Waals surface area contributed by atoms with Gasteiger partial charge in [0.25, 0.3) is 5.91 Å². The SMILES string of the molecule is Cc1ccc(C(=O)NC2CC(C)C2)c(Br)c1. The Balaban J connectivity index is 2.03. The average molecular weight is 282 g/mol. The van der Waals surface area contributed by atoms with E-state index >= 15 is 0 Å². The topological polar surface area (TPSA) is 29.1 Å². The van der Waals surface area contributed by atoms with E-state index < -0.39 is 0 Å². The van der Waals surface area contributed by atoms with Gasteiger partial charge in [0.1, 0.15) is 0 Å². The minimum absolute atomic E-state index is 0.0313. The van der Waals surface area contributed by atoms with E-state index in [2.05, 4.69) is 28.2 Å². The molecule has 86 valence electrons. The Bertz CT molecular complexity index is 410. The van der Waals surface area contributed by atoms with Gasteiger partial charge >= 0.3 is 0 Å². The van der Waals surface area contributed by atoms with Crippen molar-refractivity contribution >= 4 is 21.8 Å². The zero-order valence-electron chi connectivity index (χ0n) is 9.59. The standard InChI is InChI=1S/C13H16BrNO/c1-8-3-4-11(12(14)7-8)13(16)15-10-5-9(2)6-10/h3-4,7,9-10H,5-6H2,1-2H3,(H,15,16). The average Bonchev–Trinajstić information content (AvgIpc) is 2.15. The van der Waals surface area contributed by atoms with Gasteiger partial charge in [0, 0.05) is 10.5 Å². The summed E-state index contributed by atoms with van der Waals surface area (Å²) >= 11 is 3.43. The second kappa shape index (κ2) is 4.58. The first-order valence-corrected chi connectivity index (χ1v) is 6.42. The molecule has 0 radical (unpaired) electrons. The van der Waals surface area contributed by atoms with Crippen LogP contribution in [0.3, 0.4) is 0 Å². The van der Waals surface area contributed by atoms with Gasteiger partial charge in [-0.3, -0.25) is 4.79 Å². The molecule has 1 aromatic rings. The van der Waals surface area contributed by atoms with Crippen molar-refractivity contribution in [1.82, 2.24) is 5.32 Å². The third-order valence-electron chi connectivity index (χ3n) is 3.08. The Hall–Kier alpha value is -0.830. The molecule has 2 rings (SSSR count). The van der Waals surface area contributed by atoms with Crippen LogP contribution in [0.5, 0.6) is 0 Å². The van der Waals surface area contributed by atoms with E-state index in [1.54, 1.807) is 0 Å². The zero-order chi connectivity index (χ0) is 11.7. The first kappa shape index (κ1) is 11.6. The van der Waals surface area contributed by atoms with Crippen molar-refractivity contribution in [3.63, 3.8) is 0 Å². The Morgan fingerprint density at radius 3 is 2.69 bits per heavy atom. The van der Waals surface area contributed by atoms with Gasteiger partial charge in [-0.25, -0.2) is 0 Å². The van der Waals surface area contributed by atoms with E-state index in [0.717, 1.165) is 34.4 Å². The van der Waals surface area contributed by atoms with Crippen molar-refractivity contribution in [1.29, 1.82) is 0 Å². The molecular weight excluding hydrogens is 266 g/mol. The monoisotopic (exact) mass is 281 g/mol. The molecule has 0 atom stereocenters. The van der Waals surface area contributed by atoms with Crippen LogP contribution in [0.1, 0.15) is 35.7 Å². The maximum atomic E-state index is 11.9. The lowest BCUT2D eigenvalue weighted by Gasteiger charge is -2.33. The van der Waals surface area contributed by atoms with Crippen LogP contribution >= 0.6 is 15.9 Å². The Kier molecular flexibility index (Phi) is 3.33. The van der Waals surface area contributed by atoms with Crippen LogP contribution in [0.25, 0.3) is 0 Å². The lowest BCUT2D eigenvalue weighted by Crippen LogP contribution is -2.43. The van der Waals surface area contributed by atoms with Crippen LogP contribution in [0, 0.1) is 12.8 Å². The van der Waals surface area contributed by atoms with Gasteiger partial charge in [0.05, 0.1) is 5.56 Å². The number of hydrogen-bond donors (Lipinski definition) is 1. The number of benzene rings is 1. The summed E-state index contributed by atoms with van der Waals surface area (Å²) in [5.41, 5.74) is 1.88. The van der Waals surface area contributed by atoms with E-state index in [1.807, 2.05) is 25.1 Å². The van der Waals surface area contributed by atoms with Gasteiger partial charge in [0.2, 0.25) is 0 Å². The second-order valence-electron chi connectivity index (χ2n) is 4.73. The number of carbonyl (C=O) groups excluding carboxylic acids is 1. The van der Waals surface area contributed by atoms with E-state index in [-0.39, 0.29) is 5.91 Å². The zero-order valence-corrected chi connectivity index (χ0v) is 11.2. The molecule has 0 heterocycles. The van der Waals surface area contributed by atoms with Crippen LogP contribution in [-0.2, 0) is 0 Å². The molecule has 0 spiro atoms. The van der Waals surface area contributed by atoms with E-state index in [0.29, 0.717) is 6.04 Å². The fourth-order valence-electron chi connectivity index (χ4n) is 2.09. The van der Waals surface area contributed by atoms with Crippen molar-refractivity contribution in [2.75, 3.05) is 0 Å². The molecule has 0 unspecified atom stereocenters. The number of halogens is 1. The van der Waals surface area contributed by atoms with Crippen LogP contribution in [0.15, 0.2) is 22.7 Å². The lowest BCUT2D eigenvalue weighted by molar-refractivity contribution is 0.0895. The third-order valence-corrected chi connectivity index (χ3v) is 3.73. The molecular formula is C13H16BrNO. The summed E-state index contributed by atoms with van der Waals surface area (Å²) in [6.45, 7) is 4.23. The van der Waals surface area contributed by atoms with E-state index in [9.17, 15) is 4.79 Å². The highest BCUT2D eigenvalue weighted by Crippen LogP contribution is 2.27. The first-order valence-electron chi connectivity index (χ1n) is 5.63. The summed E-state index contributed by atoms with van der Waals surface area (Å²) < 4.78 is 0.873. The number of hydrogen-bond acceptors (Lipinski definition) is 1. The Morgan fingerprint density at radius 2 is 2.12 bits per heavy atom. The third kappa shape index (κ3) is 2.46. The summed E-state index contributed by atoms with van der Waals surface area (Å²) in [5.74, 6) is 0.788. The van der Waals surface area contributed by atoms with Gasteiger partial charge in [-0.2, -0.15) is 0 Å². The van der Waals surface area contributed by atoms with Crippen molar-refractivity contribution in [3.8, 4) is 0 Å². The summed E-state index contributed by atoms with van der Waals surface area (Å²) in [5, 5.41) is 3.05. The minimum Gasteiger partial charge on any atom is -0.349 e. The smallest absolute Gasteiger partial charge is 0.252 e. The van der Waals surface area contributed by atoms with Crippen LogP contribution in [-0.4, -0.2) is 11.9 Å². The molecule has 3 heteroatoms. The largest absolute Gasteiger partial charge is 0.349 e. The van der Waals surface area contributed by atoms with Crippen LogP contribution in [0.4, 0.5) is 0 Å². The number of rotatable bonds is 2. The van der Waals surface area contributed by atoms with Crippen molar-refractivity contribution in [2.24, 2.45) is 5.92 Å². The fourth-order valence-corrected chi connectivity index (χ4v) is 2.76. The first-order chi connectivity index (χ1) is 7.56. The van der Waals surface area contributed by atoms with Gasteiger partial charge in [-0.15, -0.1) is 0 Å². The summed E-state index contributed by atoms with van der Waals surface area (Å²) in [4.78, 5) is 11.9. The Labute approximate surface area is 105 Å². The molecule has 1 saturated carbocycles. The highest BCUT2D eigenvalue weighted by atomic mass is 79.9. The Morgan fingerprint density at radius 1 is 1.44 bits per heavy atom. The highest BCUT2D eigenvalue weighted by molar-refractivity contribution is 9.10.